The van der Waals surface area contributed by atoms with E-state index in [0.717, 1.165) is 5.69 Å². The fourth-order valence-electron chi connectivity index (χ4n) is 3.29. The summed E-state index contributed by atoms with van der Waals surface area (Å²) in [4.78, 5) is 25.2. The molecule has 1 saturated heterocycles. The van der Waals surface area contributed by atoms with Gasteiger partial charge in [-0.05, 0) is 30.9 Å². The first-order chi connectivity index (χ1) is 12.4. The summed E-state index contributed by atoms with van der Waals surface area (Å²) in [7, 11) is 0. The Morgan fingerprint density at radius 1 is 1.27 bits per heavy atom. The van der Waals surface area contributed by atoms with E-state index >= 15 is 0 Å². The third kappa shape index (κ3) is 3.68. The van der Waals surface area contributed by atoms with Gasteiger partial charge in [0, 0.05) is 25.9 Å². The topological polar surface area (TPSA) is 71.0 Å². The molecule has 3 rings (SSSR count). The summed E-state index contributed by atoms with van der Waals surface area (Å²) in [6, 6.07) is 9.21. The number of aromatic amines is 1. The lowest BCUT2D eigenvalue weighted by Gasteiger charge is -2.33. The molecule has 0 spiro atoms. The number of nitrogens with zero attached hydrogens (tertiary/aromatic N) is 3. The molecule has 6 nitrogen and oxygen atoms in total. The maximum absolute atomic E-state index is 13.6. The van der Waals surface area contributed by atoms with Crippen molar-refractivity contribution in [2.75, 3.05) is 13.1 Å². The van der Waals surface area contributed by atoms with E-state index in [9.17, 15) is 18.4 Å². The summed E-state index contributed by atoms with van der Waals surface area (Å²) in [5.74, 6) is -3.57. The zero-order chi connectivity index (χ0) is 18.7. The number of rotatable bonds is 5. The molecule has 1 aliphatic heterocycles. The second-order valence-electron chi connectivity index (χ2n) is 6.61. The van der Waals surface area contributed by atoms with Crippen LogP contribution in [-0.4, -0.2) is 44.6 Å². The van der Waals surface area contributed by atoms with Gasteiger partial charge in [-0.1, -0.05) is 25.1 Å². The number of piperidine rings is 1. The van der Waals surface area contributed by atoms with Gasteiger partial charge in [0.2, 0.25) is 0 Å². The molecule has 0 unspecified atom stereocenters. The van der Waals surface area contributed by atoms with Crippen LogP contribution in [0.2, 0.25) is 0 Å². The van der Waals surface area contributed by atoms with E-state index in [-0.39, 0.29) is 11.6 Å². The maximum Gasteiger partial charge on any atom is 0.347 e. The molecule has 1 amide bonds. The van der Waals surface area contributed by atoms with Crippen LogP contribution < -0.4 is 5.69 Å². The van der Waals surface area contributed by atoms with E-state index in [2.05, 4.69) is 10.2 Å². The highest BCUT2D eigenvalue weighted by Gasteiger charge is 2.41. The van der Waals surface area contributed by atoms with Crippen molar-refractivity contribution in [2.45, 2.75) is 38.5 Å². The largest absolute Gasteiger partial charge is 0.347 e. The van der Waals surface area contributed by atoms with E-state index < -0.39 is 18.3 Å². The van der Waals surface area contributed by atoms with E-state index in [1.165, 1.54) is 16.4 Å². The third-order valence-electron chi connectivity index (χ3n) is 4.89. The number of hydrogen-bond acceptors (Lipinski definition) is 3. The predicted molar refractivity (Wildman–Crippen MR) is 92.4 cm³/mol. The molecule has 1 fully saturated rings. The second kappa shape index (κ2) is 7.39. The van der Waals surface area contributed by atoms with Crippen LogP contribution >= 0.6 is 0 Å². The SMILES string of the molecule is CCC(F)(F)C(=O)N1CCC(Cc2n[nH]c(=O)n2-c2ccccc2)CC1. The molecular weight excluding hydrogens is 342 g/mol. The van der Waals surface area contributed by atoms with Crippen molar-refractivity contribution in [3.05, 3.63) is 46.6 Å². The lowest BCUT2D eigenvalue weighted by atomic mass is 9.92. The van der Waals surface area contributed by atoms with Gasteiger partial charge in [-0.3, -0.25) is 4.79 Å². The average Bonchev–Trinajstić information content (AvgIpc) is 3.02. The van der Waals surface area contributed by atoms with Crippen molar-refractivity contribution < 1.29 is 13.6 Å². The van der Waals surface area contributed by atoms with E-state index in [0.29, 0.717) is 38.2 Å². The molecule has 140 valence electrons. The van der Waals surface area contributed by atoms with Gasteiger partial charge in [0.05, 0.1) is 5.69 Å². The van der Waals surface area contributed by atoms with Crippen LogP contribution in [0.1, 0.15) is 32.0 Å². The number of benzene rings is 1. The summed E-state index contributed by atoms with van der Waals surface area (Å²) in [6.45, 7) is 1.92. The minimum absolute atomic E-state index is 0.187. The highest BCUT2D eigenvalue weighted by Crippen LogP contribution is 2.26. The van der Waals surface area contributed by atoms with Gasteiger partial charge in [-0.15, -0.1) is 0 Å². The number of carbonyl (C=O) groups is 1. The van der Waals surface area contributed by atoms with E-state index in [4.69, 9.17) is 0 Å². The molecule has 2 aromatic rings. The van der Waals surface area contributed by atoms with Crippen molar-refractivity contribution in [2.24, 2.45) is 5.92 Å². The lowest BCUT2D eigenvalue weighted by molar-refractivity contribution is -0.159. The van der Waals surface area contributed by atoms with Crippen LogP contribution in [0.25, 0.3) is 5.69 Å². The molecule has 0 atom stereocenters. The number of likely N-dealkylation sites (tertiary alicyclic amines) is 1. The van der Waals surface area contributed by atoms with Crippen LogP contribution in [-0.2, 0) is 11.2 Å². The Morgan fingerprint density at radius 2 is 1.92 bits per heavy atom. The molecule has 26 heavy (non-hydrogen) atoms. The highest BCUT2D eigenvalue weighted by atomic mass is 19.3. The predicted octanol–water partition coefficient (Wildman–Crippen LogP) is 2.39. The molecule has 0 aliphatic carbocycles. The van der Waals surface area contributed by atoms with E-state index in [1.807, 2.05) is 30.3 Å². The van der Waals surface area contributed by atoms with Crippen molar-refractivity contribution in [3.63, 3.8) is 0 Å². The Kier molecular flexibility index (Phi) is 5.20. The zero-order valence-electron chi connectivity index (χ0n) is 14.6. The number of aromatic nitrogens is 3. The van der Waals surface area contributed by atoms with Crippen LogP contribution in [0.15, 0.2) is 35.1 Å². The Balaban J connectivity index is 1.66. The number of amides is 1. The Morgan fingerprint density at radius 3 is 2.54 bits per heavy atom. The van der Waals surface area contributed by atoms with Crippen LogP contribution in [0.3, 0.4) is 0 Å². The fraction of sp³-hybridized carbons (Fsp3) is 0.500. The lowest BCUT2D eigenvalue weighted by Crippen LogP contribution is -2.47. The monoisotopic (exact) mass is 364 g/mol. The Hall–Kier alpha value is -2.51. The van der Waals surface area contributed by atoms with Crippen LogP contribution in [0, 0.1) is 5.92 Å². The first-order valence-electron chi connectivity index (χ1n) is 8.81. The summed E-state index contributed by atoms with van der Waals surface area (Å²) in [5.41, 5.74) is 0.429. The number of carbonyl (C=O) groups excluding carboxylic acids is 1. The summed E-state index contributed by atoms with van der Waals surface area (Å²) < 4.78 is 28.7. The standard InChI is InChI=1S/C18H22F2N4O2/c1-2-18(19,20)16(25)23-10-8-13(9-11-23)12-15-21-22-17(26)24(15)14-6-4-3-5-7-14/h3-7,13H,2,8-12H2,1H3,(H,22,26). The van der Waals surface area contributed by atoms with Gasteiger partial charge < -0.3 is 4.90 Å². The van der Waals surface area contributed by atoms with Gasteiger partial charge in [0.1, 0.15) is 5.82 Å². The number of para-hydroxylation sites is 1. The highest BCUT2D eigenvalue weighted by molar-refractivity contribution is 5.83. The summed E-state index contributed by atoms with van der Waals surface area (Å²) in [5, 5.41) is 6.59. The molecule has 8 heteroatoms. The normalized spacial score (nSPS) is 16.0. The number of nitrogens with one attached hydrogen (secondary N) is 1. The quantitative estimate of drug-likeness (QED) is 0.886. The molecular formula is C18H22F2N4O2. The minimum Gasteiger partial charge on any atom is -0.337 e. The minimum atomic E-state index is -3.29. The Bertz CT molecular complexity index is 808. The molecule has 2 heterocycles. The summed E-state index contributed by atoms with van der Waals surface area (Å²) in [6.07, 6.45) is 1.30. The van der Waals surface area contributed by atoms with Crippen molar-refractivity contribution in [3.8, 4) is 5.69 Å². The molecule has 0 radical (unpaired) electrons. The van der Waals surface area contributed by atoms with Gasteiger partial charge in [-0.2, -0.15) is 13.9 Å². The molecule has 1 aromatic carbocycles. The first-order valence-corrected chi connectivity index (χ1v) is 8.81. The van der Waals surface area contributed by atoms with Gasteiger partial charge in [0.15, 0.2) is 0 Å². The van der Waals surface area contributed by atoms with Crippen LogP contribution in [0.4, 0.5) is 8.78 Å². The number of alkyl halides is 2. The van der Waals surface area contributed by atoms with Crippen molar-refractivity contribution >= 4 is 5.91 Å². The molecule has 1 aliphatic rings. The molecule has 1 N–H and O–H groups in total. The molecule has 0 saturated carbocycles. The number of halogens is 2. The zero-order valence-corrected chi connectivity index (χ0v) is 14.6. The van der Waals surface area contributed by atoms with E-state index in [1.54, 1.807) is 0 Å². The maximum atomic E-state index is 13.6. The Labute approximate surface area is 149 Å². The van der Waals surface area contributed by atoms with Gasteiger partial charge in [0.25, 0.3) is 5.91 Å². The number of hydrogen-bond donors (Lipinski definition) is 1. The van der Waals surface area contributed by atoms with Gasteiger partial charge >= 0.3 is 11.6 Å². The van der Waals surface area contributed by atoms with Crippen LogP contribution in [0.5, 0.6) is 0 Å². The summed E-state index contributed by atoms with van der Waals surface area (Å²) >= 11 is 0. The second-order valence-corrected chi connectivity index (χ2v) is 6.61. The van der Waals surface area contributed by atoms with Crippen molar-refractivity contribution in [1.82, 2.24) is 19.7 Å². The average molecular weight is 364 g/mol. The fourth-order valence-corrected chi connectivity index (χ4v) is 3.29. The first kappa shape index (κ1) is 18.3. The molecule has 1 aromatic heterocycles. The smallest absolute Gasteiger partial charge is 0.337 e. The third-order valence-corrected chi connectivity index (χ3v) is 4.89. The van der Waals surface area contributed by atoms with Crippen molar-refractivity contribution in [1.29, 1.82) is 0 Å². The number of H-pyrrole nitrogens is 1. The molecule has 0 bridgehead atoms. The van der Waals surface area contributed by atoms with Gasteiger partial charge in [-0.25, -0.2) is 14.5 Å².